The van der Waals surface area contributed by atoms with Gasteiger partial charge in [-0.2, -0.15) is 0 Å². The molecule has 12 heteroatoms. The number of aryl methyl sites for hydroxylation is 2. The Morgan fingerprint density at radius 2 is 1.94 bits per heavy atom. The third-order valence-corrected chi connectivity index (χ3v) is 6.26. The van der Waals surface area contributed by atoms with Crippen molar-refractivity contribution < 1.29 is 32.0 Å². The summed E-state index contributed by atoms with van der Waals surface area (Å²) in [6, 6.07) is 4.02. The van der Waals surface area contributed by atoms with Gasteiger partial charge in [0.05, 0.1) is 18.5 Å². The molecule has 1 heterocycles. The molecule has 33 heavy (non-hydrogen) atoms. The lowest BCUT2D eigenvalue weighted by molar-refractivity contribution is -0.671. The first-order chi connectivity index (χ1) is 15.5. The number of halogens is 3. The Morgan fingerprint density at radius 1 is 1.27 bits per heavy atom. The number of carbonyl (C=O) groups is 1. The van der Waals surface area contributed by atoms with Crippen LogP contribution in [-0.2, 0) is 33.0 Å². The number of esters is 1. The Balaban J connectivity index is 2.13. The molecule has 1 aromatic carbocycles. The standard InChI is InChI=1S/C21H26Cl2FN3O5S/c1-26-11-12-27(14-26)10-4-3-5-18(28)32-19(17(13-24)25-21(29)20(22)23)15-6-8-16(9-7-15)33(2,30)31/h6-9,11-12,14,17,19-20H,3-5,10,13H2,1-2H3/t17-,19-/m1/s1. The zero-order valence-corrected chi connectivity index (χ0v) is 20.6. The first kappa shape index (κ1) is 27.1. The average molecular weight is 522 g/mol. The highest BCUT2D eigenvalue weighted by molar-refractivity contribution is 7.90. The van der Waals surface area contributed by atoms with Crippen molar-refractivity contribution in [1.82, 2.24) is 4.57 Å². The van der Waals surface area contributed by atoms with Gasteiger partial charge in [0.25, 0.3) is 0 Å². The van der Waals surface area contributed by atoms with Crippen LogP contribution in [0.4, 0.5) is 4.39 Å². The summed E-state index contributed by atoms with van der Waals surface area (Å²) in [7, 11) is -1.55. The van der Waals surface area contributed by atoms with Crippen molar-refractivity contribution in [2.75, 3.05) is 12.9 Å². The van der Waals surface area contributed by atoms with Gasteiger partial charge in [-0.1, -0.05) is 35.3 Å². The van der Waals surface area contributed by atoms with E-state index in [-0.39, 0.29) is 16.9 Å². The van der Waals surface area contributed by atoms with Gasteiger partial charge in [0.15, 0.2) is 15.9 Å². The number of nitrogens with zero attached hydrogens (tertiary/aromatic N) is 3. The van der Waals surface area contributed by atoms with E-state index in [1.54, 1.807) is 0 Å². The molecular formula is C21H26Cl2FN3O5S. The smallest absolute Gasteiger partial charge is 0.306 e. The number of ether oxygens (including phenoxy) is 1. The van der Waals surface area contributed by atoms with Crippen LogP contribution < -0.4 is 9.67 Å². The summed E-state index contributed by atoms with van der Waals surface area (Å²) in [6.07, 6.45) is 6.85. The van der Waals surface area contributed by atoms with E-state index in [9.17, 15) is 22.7 Å². The molecule has 2 aromatic rings. The summed E-state index contributed by atoms with van der Waals surface area (Å²) >= 11 is 11.0. The predicted octanol–water partition coefficient (Wildman–Crippen LogP) is 2.07. The number of benzene rings is 1. The van der Waals surface area contributed by atoms with Gasteiger partial charge in [-0.25, -0.2) is 21.9 Å². The molecule has 0 saturated heterocycles. The summed E-state index contributed by atoms with van der Waals surface area (Å²) in [5.74, 6) is -1.56. The average Bonchev–Trinajstić information content (AvgIpc) is 3.18. The summed E-state index contributed by atoms with van der Waals surface area (Å²) in [4.78, 5) is 14.7. The van der Waals surface area contributed by atoms with Gasteiger partial charge < -0.3 is 9.84 Å². The fourth-order valence-corrected chi connectivity index (χ4v) is 3.82. The SMILES string of the molecule is C[n+]1ccn(CCCCC(=O)O[C@H](c2ccc(S(C)(=O)=O)cc2)[C@@H](CF)N=C([O-])C(Cl)Cl)c1. The second kappa shape index (κ2) is 12.3. The van der Waals surface area contributed by atoms with Crippen LogP contribution in [0.15, 0.2) is 52.9 Å². The van der Waals surface area contributed by atoms with Crippen molar-refractivity contribution in [1.29, 1.82) is 0 Å². The van der Waals surface area contributed by atoms with Crippen LogP contribution in [-0.4, -0.2) is 48.7 Å². The Hall–Kier alpha value is -2.17. The van der Waals surface area contributed by atoms with E-state index in [1.807, 2.05) is 34.9 Å². The molecule has 0 unspecified atom stereocenters. The minimum absolute atomic E-state index is 0.0427. The molecule has 1 aromatic heterocycles. The molecule has 0 amide bonds. The molecule has 2 rings (SSSR count). The van der Waals surface area contributed by atoms with Crippen LogP contribution in [0.1, 0.15) is 30.9 Å². The third kappa shape index (κ3) is 8.60. The maximum Gasteiger partial charge on any atom is 0.306 e. The molecule has 0 radical (unpaired) electrons. The third-order valence-electron chi connectivity index (χ3n) is 4.75. The molecule has 0 saturated carbocycles. The van der Waals surface area contributed by atoms with Gasteiger partial charge in [0.1, 0.15) is 29.9 Å². The first-order valence-corrected chi connectivity index (χ1v) is 12.9. The number of carbonyl (C=O) groups excluding carboxylic acids is 1. The van der Waals surface area contributed by atoms with E-state index in [2.05, 4.69) is 4.99 Å². The molecule has 0 aliphatic rings. The fraction of sp³-hybridized carbons (Fsp3) is 0.476. The van der Waals surface area contributed by atoms with Crippen molar-refractivity contribution in [3.63, 3.8) is 0 Å². The van der Waals surface area contributed by atoms with E-state index in [1.165, 1.54) is 24.3 Å². The molecule has 0 aliphatic carbocycles. The number of aromatic nitrogens is 2. The minimum atomic E-state index is -3.46. The van der Waals surface area contributed by atoms with E-state index >= 15 is 0 Å². The lowest BCUT2D eigenvalue weighted by atomic mass is 10.0. The van der Waals surface area contributed by atoms with E-state index in [0.29, 0.717) is 19.4 Å². The number of unbranched alkanes of at least 4 members (excludes halogenated alkanes) is 1. The van der Waals surface area contributed by atoms with Crippen LogP contribution in [0.5, 0.6) is 0 Å². The Bertz CT molecular complexity index is 1060. The van der Waals surface area contributed by atoms with Gasteiger partial charge in [-0.3, -0.25) is 9.79 Å². The Morgan fingerprint density at radius 3 is 2.45 bits per heavy atom. The van der Waals surface area contributed by atoms with Gasteiger partial charge in [-0.05, 0) is 36.4 Å². The minimum Gasteiger partial charge on any atom is -0.860 e. The van der Waals surface area contributed by atoms with Crippen LogP contribution in [0.2, 0.25) is 0 Å². The molecule has 0 spiro atoms. The lowest BCUT2D eigenvalue weighted by Gasteiger charge is -2.25. The highest BCUT2D eigenvalue weighted by Crippen LogP contribution is 2.27. The second-order valence-corrected chi connectivity index (χ2v) is 10.6. The monoisotopic (exact) mass is 521 g/mol. The van der Waals surface area contributed by atoms with Gasteiger partial charge in [0.2, 0.25) is 6.33 Å². The van der Waals surface area contributed by atoms with Crippen molar-refractivity contribution in [3.05, 3.63) is 48.5 Å². The normalized spacial score (nSPS) is 14.3. The number of rotatable bonds is 12. The highest BCUT2D eigenvalue weighted by atomic mass is 35.5. The summed E-state index contributed by atoms with van der Waals surface area (Å²) in [5.41, 5.74) is 0.287. The zero-order valence-electron chi connectivity index (χ0n) is 18.2. The molecular weight excluding hydrogens is 496 g/mol. The molecule has 0 fully saturated rings. The van der Waals surface area contributed by atoms with Crippen LogP contribution >= 0.6 is 23.2 Å². The van der Waals surface area contributed by atoms with Gasteiger partial charge >= 0.3 is 5.97 Å². The van der Waals surface area contributed by atoms with Gasteiger partial charge in [0, 0.05) is 12.7 Å². The molecule has 2 atom stereocenters. The van der Waals surface area contributed by atoms with Crippen molar-refractivity contribution in [2.24, 2.45) is 12.0 Å². The quantitative estimate of drug-likeness (QED) is 0.106. The van der Waals surface area contributed by atoms with Crippen molar-refractivity contribution >= 4 is 44.9 Å². The fourth-order valence-electron chi connectivity index (χ4n) is 3.07. The van der Waals surface area contributed by atoms with Crippen LogP contribution in [0.25, 0.3) is 0 Å². The van der Waals surface area contributed by atoms with Crippen LogP contribution in [0.3, 0.4) is 0 Å². The summed E-state index contributed by atoms with van der Waals surface area (Å²) in [5, 5.41) is 11.8. The molecule has 8 nitrogen and oxygen atoms in total. The molecule has 0 aliphatic heterocycles. The maximum atomic E-state index is 13.8. The highest BCUT2D eigenvalue weighted by Gasteiger charge is 2.27. The number of sulfone groups is 1. The largest absolute Gasteiger partial charge is 0.860 e. The Labute approximate surface area is 202 Å². The van der Waals surface area contributed by atoms with Crippen molar-refractivity contribution in [2.45, 2.75) is 47.7 Å². The zero-order chi connectivity index (χ0) is 24.6. The maximum absolute atomic E-state index is 13.8. The number of hydrogen-bond donors (Lipinski definition) is 0. The van der Waals surface area contributed by atoms with Crippen molar-refractivity contribution in [3.8, 4) is 0 Å². The summed E-state index contributed by atoms with van der Waals surface area (Å²) in [6.45, 7) is -0.406. The number of imidazole rings is 1. The summed E-state index contributed by atoms with van der Waals surface area (Å²) < 4.78 is 46.6. The lowest BCUT2D eigenvalue weighted by Crippen LogP contribution is -2.32. The molecule has 182 valence electrons. The Kier molecular flexibility index (Phi) is 10.1. The molecule has 0 N–H and O–H groups in total. The topological polar surface area (TPSA) is 105 Å². The predicted molar refractivity (Wildman–Crippen MR) is 121 cm³/mol. The van der Waals surface area contributed by atoms with E-state index in [0.717, 1.165) is 6.26 Å². The molecule has 0 bridgehead atoms. The second-order valence-electron chi connectivity index (χ2n) is 7.52. The number of aliphatic imine (C=N–C) groups is 1. The number of alkyl halides is 3. The van der Waals surface area contributed by atoms with E-state index in [4.69, 9.17) is 27.9 Å². The van der Waals surface area contributed by atoms with E-state index < -0.39 is 45.4 Å². The first-order valence-electron chi connectivity index (χ1n) is 10.1. The van der Waals surface area contributed by atoms with Gasteiger partial charge in [-0.15, -0.1) is 0 Å². The number of hydrogen-bond acceptors (Lipinski definition) is 6. The van der Waals surface area contributed by atoms with Crippen LogP contribution in [0, 0.1) is 0 Å².